The van der Waals surface area contributed by atoms with Crippen molar-refractivity contribution < 1.29 is 9.59 Å². The van der Waals surface area contributed by atoms with Gasteiger partial charge in [0.05, 0.1) is 4.88 Å². The number of ketones is 1. The van der Waals surface area contributed by atoms with E-state index in [-0.39, 0.29) is 12.3 Å². The Morgan fingerprint density at radius 3 is 3.09 bits per heavy atom. The fourth-order valence-corrected chi connectivity index (χ4v) is 1.28. The van der Waals surface area contributed by atoms with Crippen LogP contribution in [0.1, 0.15) is 9.67 Å². The van der Waals surface area contributed by atoms with Crippen molar-refractivity contribution >= 4 is 23.2 Å². The van der Waals surface area contributed by atoms with E-state index in [1.807, 2.05) is 0 Å². The highest BCUT2D eigenvalue weighted by Crippen LogP contribution is 2.08. The van der Waals surface area contributed by atoms with Crippen LogP contribution in [0.4, 0.5) is 0 Å². The summed E-state index contributed by atoms with van der Waals surface area (Å²) in [7, 11) is 0. The fraction of sp³-hybridized carbons (Fsp3) is 0.143. The van der Waals surface area contributed by atoms with Crippen LogP contribution in [0.25, 0.3) is 0 Å². The van der Waals surface area contributed by atoms with E-state index in [4.69, 9.17) is 0 Å². The van der Waals surface area contributed by atoms with Crippen molar-refractivity contribution in [2.24, 2.45) is 4.99 Å². The van der Waals surface area contributed by atoms with Gasteiger partial charge in [0.1, 0.15) is 6.54 Å². The topological polar surface area (TPSA) is 46.5 Å². The van der Waals surface area contributed by atoms with Crippen LogP contribution in [-0.4, -0.2) is 18.4 Å². The van der Waals surface area contributed by atoms with Crippen LogP contribution in [0.5, 0.6) is 0 Å². The molecule has 0 saturated carbocycles. The zero-order valence-electron chi connectivity index (χ0n) is 5.61. The van der Waals surface area contributed by atoms with Crippen LogP contribution in [0.2, 0.25) is 0 Å². The summed E-state index contributed by atoms with van der Waals surface area (Å²) in [5.74, 6) is -0.136. The Labute approximate surface area is 67.4 Å². The number of isocyanates is 1. The zero-order chi connectivity index (χ0) is 8.10. The highest BCUT2D eigenvalue weighted by atomic mass is 32.1. The molecule has 0 fully saturated rings. The monoisotopic (exact) mass is 167 g/mol. The first kappa shape index (κ1) is 7.85. The molecule has 1 heterocycles. The molecule has 0 amide bonds. The van der Waals surface area contributed by atoms with E-state index in [0.29, 0.717) is 4.88 Å². The molecule has 0 aliphatic carbocycles. The molecule has 0 radical (unpaired) electrons. The van der Waals surface area contributed by atoms with E-state index in [9.17, 15) is 9.59 Å². The first-order valence-corrected chi connectivity index (χ1v) is 3.83. The van der Waals surface area contributed by atoms with Gasteiger partial charge in [-0.25, -0.2) is 4.79 Å². The fourth-order valence-electron chi connectivity index (χ4n) is 0.619. The number of carbonyl (C=O) groups excluding carboxylic acids is 2. The van der Waals surface area contributed by atoms with Gasteiger partial charge >= 0.3 is 0 Å². The molecule has 0 atom stereocenters. The molecule has 1 rings (SSSR count). The molecular weight excluding hydrogens is 162 g/mol. The number of hydrogen-bond acceptors (Lipinski definition) is 4. The van der Waals surface area contributed by atoms with Gasteiger partial charge in [-0.3, -0.25) is 4.79 Å². The van der Waals surface area contributed by atoms with Crippen LogP contribution in [0, 0.1) is 0 Å². The van der Waals surface area contributed by atoms with E-state index < -0.39 is 0 Å². The summed E-state index contributed by atoms with van der Waals surface area (Å²) in [4.78, 5) is 24.4. The molecule has 0 N–H and O–H groups in total. The van der Waals surface area contributed by atoms with Crippen LogP contribution in [0.3, 0.4) is 0 Å². The van der Waals surface area contributed by atoms with Gasteiger partial charge in [0.2, 0.25) is 6.08 Å². The number of aliphatic imine (C=N–C) groups is 1. The van der Waals surface area contributed by atoms with Gasteiger partial charge in [0.15, 0.2) is 5.78 Å². The molecule has 0 aromatic carbocycles. The summed E-state index contributed by atoms with van der Waals surface area (Å²) < 4.78 is 0. The van der Waals surface area contributed by atoms with Gasteiger partial charge in [-0.1, -0.05) is 6.07 Å². The predicted octanol–water partition coefficient (Wildman–Crippen LogP) is 1.27. The third-order valence-electron chi connectivity index (χ3n) is 1.08. The van der Waals surface area contributed by atoms with Crippen LogP contribution in [-0.2, 0) is 4.79 Å². The zero-order valence-corrected chi connectivity index (χ0v) is 6.43. The first-order chi connectivity index (χ1) is 5.34. The van der Waals surface area contributed by atoms with Gasteiger partial charge in [-0.2, -0.15) is 4.99 Å². The minimum atomic E-state index is -0.136. The Bertz CT molecular complexity index is 285. The quantitative estimate of drug-likeness (QED) is 0.386. The van der Waals surface area contributed by atoms with E-state index in [1.54, 1.807) is 17.5 Å². The highest BCUT2D eigenvalue weighted by Gasteiger charge is 2.03. The number of carbonyl (C=O) groups is 1. The summed E-state index contributed by atoms with van der Waals surface area (Å²) in [6.45, 7) is -0.0932. The summed E-state index contributed by atoms with van der Waals surface area (Å²) in [6, 6.07) is 3.48. The van der Waals surface area contributed by atoms with Gasteiger partial charge in [-0.05, 0) is 11.4 Å². The van der Waals surface area contributed by atoms with Crippen molar-refractivity contribution in [3.63, 3.8) is 0 Å². The Kier molecular flexibility index (Phi) is 2.72. The molecular formula is C7H5NO2S. The van der Waals surface area contributed by atoms with Crippen molar-refractivity contribution in [1.29, 1.82) is 0 Å². The molecule has 0 spiro atoms. The van der Waals surface area contributed by atoms with Crippen LogP contribution >= 0.6 is 11.3 Å². The van der Waals surface area contributed by atoms with Gasteiger partial charge < -0.3 is 0 Å². The highest BCUT2D eigenvalue weighted by molar-refractivity contribution is 7.12. The Balaban J connectivity index is 2.63. The maximum absolute atomic E-state index is 11.0. The number of thiophene rings is 1. The molecule has 1 aromatic heterocycles. The lowest BCUT2D eigenvalue weighted by atomic mass is 10.3. The lowest BCUT2D eigenvalue weighted by Gasteiger charge is -1.86. The normalized spacial score (nSPS) is 8.73. The molecule has 4 heteroatoms. The lowest BCUT2D eigenvalue weighted by Crippen LogP contribution is -1.99. The summed E-state index contributed by atoms with van der Waals surface area (Å²) in [5, 5.41) is 1.80. The molecule has 11 heavy (non-hydrogen) atoms. The van der Waals surface area contributed by atoms with Gasteiger partial charge in [0.25, 0.3) is 0 Å². The van der Waals surface area contributed by atoms with E-state index >= 15 is 0 Å². The number of hydrogen-bond donors (Lipinski definition) is 0. The SMILES string of the molecule is O=C=NCC(=O)c1cccs1. The van der Waals surface area contributed by atoms with Crippen molar-refractivity contribution in [3.8, 4) is 0 Å². The molecule has 3 nitrogen and oxygen atoms in total. The second-order valence-electron chi connectivity index (χ2n) is 1.81. The van der Waals surface area contributed by atoms with Crippen molar-refractivity contribution in [3.05, 3.63) is 22.4 Å². The number of nitrogens with zero attached hydrogens (tertiary/aromatic N) is 1. The Morgan fingerprint density at radius 1 is 1.73 bits per heavy atom. The van der Waals surface area contributed by atoms with Crippen molar-refractivity contribution in [2.45, 2.75) is 0 Å². The van der Waals surface area contributed by atoms with Crippen LogP contribution < -0.4 is 0 Å². The summed E-state index contributed by atoms with van der Waals surface area (Å²) >= 11 is 1.34. The molecule has 0 unspecified atom stereocenters. The first-order valence-electron chi connectivity index (χ1n) is 2.95. The summed E-state index contributed by atoms with van der Waals surface area (Å²) in [5.41, 5.74) is 0. The maximum Gasteiger partial charge on any atom is 0.235 e. The molecule has 0 saturated heterocycles. The standard InChI is InChI=1S/C7H5NO2S/c9-5-8-4-6(10)7-2-1-3-11-7/h1-3H,4H2. The minimum absolute atomic E-state index is 0.0932. The lowest BCUT2D eigenvalue weighted by molar-refractivity contribution is 0.101. The average molecular weight is 167 g/mol. The molecule has 0 bridgehead atoms. The Hall–Kier alpha value is -1.25. The maximum atomic E-state index is 11.0. The number of rotatable bonds is 3. The molecule has 0 aliphatic rings. The van der Waals surface area contributed by atoms with Crippen LogP contribution in [0.15, 0.2) is 22.5 Å². The van der Waals surface area contributed by atoms with E-state index in [0.717, 1.165) is 0 Å². The van der Waals surface area contributed by atoms with Crippen molar-refractivity contribution in [2.75, 3.05) is 6.54 Å². The Morgan fingerprint density at radius 2 is 2.55 bits per heavy atom. The second-order valence-corrected chi connectivity index (χ2v) is 2.76. The largest absolute Gasteiger partial charge is 0.291 e. The third-order valence-corrected chi connectivity index (χ3v) is 1.99. The minimum Gasteiger partial charge on any atom is -0.291 e. The van der Waals surface area contributed by atoms with Crippen molar-refractivity contribution in [1.82, 2.24) is 0 Å². The third kappa shape index (κ3) is 2.11. The summed E-state index contributed by atoms with van der Waals surface area (Å²) in [6.07, 6.45) is 1.32. The smallest absolute Gasteiger partial charge is 0.235 e. The predicted molar refractivity (Wildman–Crippen MR) is 41.6 cm³/mol. The number of Topliss-reactive ketones (excluding diaryl/α,β-unsaturated/α-hetero) is 1. The van der Waals surface area contributed by atoms with E-state index in [2.05, 4.69) is 4.99 Å². The molecule has 56 valence electrons. The molecule has 0 aliphatic heterocycles. The average Bonchev–Trinajstić information content (AvgIpc) is 2.52. The van der Waals surface area contributed by atoms with Gasteiger partial charge in [-0.15, -0.1) is 11.3 Å². The van der Waals surface area contributed by atoms with E-state index in [1.165, 1.54) is 17.4 Å². The second kappa shape index (κ2) is 3.81. The van der Waals surface area contributed by atoms with Gasteiger partial charge in [0, 0.05) is 0 Å². The molecule has 1 aromatic rings.